The van der Waals surface area contributed by atoms with Crippen LogP contribution in [0.1, 0.15) is 18.1 Å². The molecular weight excluding hydrogens is 194 g/mol. The number of hydrogen-bond acceptors (Lipinski definition) is 4. The second-order valence-electron chi connectivity index (χ2n) is 3.29. The van der Waals surface area contributed by atoms with Gasteiger partial charge >= 0.3 is 0 Å². The Morgan fingerprint density at radius 1 is 1.27 bits per heavy atom. The number of nitriles is 1. The Hall–Kier alpha value is -1.73. The molecule has 0 spiro atoms. The molecule has 4 heteroatoms. The van der Waals surface area contributed by atoms with Gasteiger partial charge in [0.2, 0.25) is 0 Å². The minimum absolute atomic E-state index is 0.529. The summed E-state index contributed by atoms with van der Waals surface area (Å²) in [5, 5.41) is 17.9. The average Bonchev–Trinajstić information content (AvgIpc) is 2.51. The lowest BCUT2D eigenvalue weighted by atomic mass is 10.1. The molecular formula is C11H11NO3. The summed E-state index contributed by atoms with van der Waals surface area (Å²) in [5.74, 6) is 1.26. The zero-order chi connectivity index (χ0) is 10.7. The van der Waals surface area contributed by atoms with Crippen molar-refractivity contribution < 1.29 is 14.6 Å². The van der Waals surface area contributed by atoms with Crippen LogP contribution in [0.4, 0.5) is 0 Å². The molecule has 4 nitrogen and oxygen atoms in total. The highest BCUT2D eigenvalue weighted by molar-refractivity contribution is 5.44. The molecule has 1 aromatic rings. The van der Waals surface area contributed by atoms with Gasteiger partial charge < -0.3 is 14.6 Å². The Balaban J connectivity index is 2.32. The first-order chi connectivity index (χ1) is 7.31. The Morgan fingerprint density at radius 3 is 2.73 bits per heavy atom. The highest BCUT2D eigenvalue weighted by atomic mass is 16.5. The molecule has 1 aliphatic rings. The summed E-state index contributed by atoms with van der Waals surface area (Å²) < 4.78 is 10.9. The second kappa shape index (κ2) is 4.20. The maximum Gasteiger partial charge on any atom is 0.166 e. The quantitative estimate of drug-likeness (QED) is 0.704. The van der Waals surface area contributed by atoms with Gasteiger partial charge in [0.25, 0.3) is 0 Å². The van der Waals surface area contributed by atoms with Gasteiger partial charge in [0.1, 0.15) is 0 Å². The first kappa shape index (κ1) is 9.81. The zero-order valence-electron chi connectivity index (χ0n) is 8.14. The predicted octanol–water partition coefficient (Wildman–Crippen LogP) is 1.40. The molecule has 1 unspecified atom stereocenters. The molecule has 0 amide bonds. The molecule has 1 aromatic carbocycles. The molecule has 0 bridgehead atoms. The third-order valence-electron chi connectivity index (χ3n) is 2.21. The molecule has 1 atom stereocenters. The van der Waals surface area contributed by atoms with Gasteiger partial charge in [0.15, 0.2) is 17.6 Å². The molecule has 0 saturated carbocycles. The number of benzene rings is 1. The van der Waals surface area contributed by atoms with E-state index in [-0.39, 0.29) is 0 Å². The van der Waals surface area contributed by atoms with Crippen LogP contribution in [0.3, 0.4) is 0 Å². The van der Waals surface area contributed by atoms with Crippen molar-refractivity contribution in [3.63, 3.8) is 0 Å². The fourth-order valence-corrected chi connectivity index (χ4v) is 1.42. The van der Waals surface area contributed by atoms with Gasteiger partial charge in [-0.25, -0.2) is 0 Å². The van der Waals surface area contributed by atoms with E-state index in [0.717, 1.165) is 6.42 Å². The van der Waals surface area contributed by atoms with Crippen LogP contribution in [0.2, 0.25) is 0 Å². The van der Waals surface area contributed by atoms with Crippen molar-refractivity contribution in [2.45, 2.75) is 12.5 Å². The molecule has 0 aromatic heterocycles. The van der Waals surface area contributed by atoms with Crippen molar-refractivity contribution in [1.82, 2.24) is 0 Å². The van der Waals surface area contributed by atoms with Crippen LogP contribution >= 0.6 is 0 Å². The number of rotatable bonds is 1. The summed E-state index contributed by atoms with van der Waals surface area (Å²) in [6.45, 7) is 1.23. The van der Waals surface area contributed by atoms with Crippen molar-refractivity contribution in [2.24, 2.45) is 0 Å². The van der Waals surface area contributed by atoms with Crippen LogP contribution in [0.25, 0.3) is 0 Å². The van der Waals surface area contributed by atoms with E-state index in [0.29, 0.717) is 30.3 Å². The van der Waals surface area contributed by atoms with E-state index in [2.05, 4.69) is 0 Å². The van der Waals surface area contributed by atoms with Crippen LogP contribution in [-0.4, -0.2) is 18.3 Å². The maximum absolute atomic E-state index is 9.34. The van der Waals surface area contributed by atoms with E-state index in [1.165, 1.54) is 0 Å². The fourth-order valence-electron chi connectivity index (χ4n) is 1.42. The van der Waals surface area contributed by atoms with Crippen molar-refractivity contribution >= 4 is 0 Å². The Morgan fingerprint density at radius 2 is 2.00 bits per heavy atom. The van der Waals surface area contributed by atoms with E-state index in [4.69, 9.17) is 14.7 Å². The largest absolute Gasteiger partial charge is 0.490 e. The van der Waals surface area contributed by atoms with Crippen molar-refractivity contribution in [3.8, 4) is 17.6 Å². The first-order valence-corrected chi connectivity index (χ1v) is 4.78. The summed E-state index contributed by atoms with van der Waals surface area (Å²) in [6, 6.07) is 6.80. The monoisotopic (exact) mass is 205 g/mol. The van der Waals surface area contributed by atoms with Crippen molar-refractivity contribution in [2.75, 3.05) is 13.2 Å². The van der Waals surface area contributed by atoms with Crippen molar-refractivity contribution in [3.05, 3.63) is 23.8 Å². The van der Waals surface area contributed by atoms with Crippen LogP contribution in [0.5, 0.6) is 11.5 Å². The topological polar surface area (TPSA) is 62.5 Å². The number of hydrogen-bond donors (Lipinski definition) is 1. The standard InChI is InChI=1S/C11H11NO3/c12-7-9(13)8-2-3-10-11(6-8)15-5-1-4-14-10/h2-3,6,9,13H,1,4-5H2. The summed E-state index contributed by atoms with van der Waals surface area (Å²) in [7, 11) is 0. The SMILES string of the molecule is N#CC(O)c1ccc2c(c1)OCCCO2. The molecule has 78 valence electrons. The predicted molar refractivity (Wildman–Crippen MR) is 52.6 cm³/mol. The van der Waals surface area contributed by atoms with Crippen LogP contribution in [0.15, 0.2) is 18.2 Å². The van der Waals surface area contributed by atoms with Gasteiger partial charge in [-0.3, -0.25) is 0 Å². The Kier molecular flexibility index (Phi) is 2.75. The number of ether oxygens (including phenoxy) is 2. The number of nitrogens with zero attached hydrogens (tertiary/aromatic N) is 1. The molecule has 1 aliphatic heterocycles. The minimum Gasteiger partial charge on any atom is -0.490 e. The third kappa shape index (κ3) is 2.03. The molecule has 0 saturated heterocycles. The lowest BCUT2D eigenvalue weighted by molar-refractivity contribution is 0.235. The van der Waals surface area contributed by atoms with Gasteiger partial charge in [-0.05, 0) is 17.7 Å². The molecule has 1 heterocycles. The molecule has 0 radical (unpaired) electrons. The van der Waals surface area contributed by atoms with Crippen LogP contribution in [-0.2, 0) is 0 Å². The summed E-state index contributed by atoms with van der Waals surface area (Å²) >= 11 is 0. The van der Waals surface area contributed by atoms with Crippen LogP contribution < -0.4 is 9.47 Å². The zero-order valence-corrected chi connectivity index (χ0v) is 8.14. The highest BCUT2D eigenvalue weighted by Crippen LogP contribution is 2.32. The highest BCUT2D eigenvalue weighted by Gasteiger charge is 2.13. The molecule has 15 heavy (non-hydrogen) atoms. The lowest BCUT2D eigenvalue weighted by Gasteiger charge is -2.09. The third-order valence-corrected chi connectivity index (χ3v) is 2.21. The number of fused-ring (bicyclic) bond motifs is 1. The number of aliphatic hydroxyl groups is 1. The maximum atomic E-state index is 9.34. The normalized spacial score (nSPS) is 16.3. The Bertz CT molecular complexity index is 397. The van der Waals surface area contributed by atoms with E-state index in [1.54, 1.807) is 24.3 Å². The van der Waals surface area contributed by atoms with E-state index < -0.39 is 6.10 Å². The summed E-state index contributed by atoms with van der Waals surface area (Å²) in [4.78, 5) is 0. The molecule has 1 N–H and O–H groups in total. The Labute approximate surface area is 87.7 Å². The second-order valence-corrected chi connectivity index (χ2v) is 3.29. The van der Waals surface area contributed by atoms with E-state index in [9.17, 15) is 5.11 Å². The first-order valence-electron chi connectivity index (χ1n) is 4.78. The van der Waals surface area contributed by atoms with E-state index in [1.807, 2.05) is 0 Å². The number of aliphatic hydroxyl groups excluding tert-OH is 1. The minimum atomic E-state index is -1.11. The summed E-state index contributed by atoms with van der Waals surface area (Å²) in [6.07, 6.45) is -0.271. The van der Waals surface area contributed by atoms with Gasteiger partial charge in [0, 0.05) is 6.42 Å². The molecule has 2 rings (SSSR count). The smallest absolute Gasteiger partial charge is 0.166 e. The van der Waals surface area contributed by atoms with Crippen molar-refractivity contribution in [1.29, 1.82) is 5.26 Å². The lowest BCUT2D eigenvalue weighted by Crippen LogP contribution is -1.97. The van der Waals surface area contributed by atoms with Crippen LogP contribution in [0, 0.1) is 11.3 Å². The van der Waals surface area contributed by atoms with E-state index >= 15 is 0 Å². The summed E-state index contributed by atoms with van der Waals surface area (Å²) in [5.41, 5.74) is 0.529. The molecule has 0 aliphatic carbocycles. The average molecular weight is 205 g/mol. The fraction of sp³-hybridized carbons (Fsp3) is 0.364. The van der Waals surface area contributed by atoms with Gasteiger partial charge in [-0.15, -0.1) is 0 Å². The van der Waals surface area contributed by atoms with Gasteiger partial charge in [-0.2, -0.15) is 5.26 Å². The van der Waals surface area contributed by atoms with Gasteiger partial charge in [0.05, 0.1) is 19.3 Å². The molecule has 0 fully saturated rings. The van der Waals surface area contributed by atoms with Gasteiger partial charge in [-0.1, -0.05) is 6.07 Å².